The number of esters is 1. The molecule has 0 unspecified atom stereocenters. The van der Waals surface area contributed by atoms with Crippen LogP contribution in [-0.4, -0.2) is 50.2 Å². The molecule has 2 aromatic heterocycles. The number of pyridine rings is 1. The molecule has 0 fully saturated rings. The fourth-order valence-electron chi connectivity index (χ4n) is 3.14. The first-order valence-electron chi connectivity index (χ1n) is 8.96. The predicted molar refractivity (Wildman–Crippen MR) is 100 cm³/mol. The number of aromatic nitrogens is 3. The summed E-state index contributed by atoms with van der Waals surface area (Å²) in [4.78, 5) is 31.2. The van der Waals surface area contributed by atoms with Crippen molar-refractivity contribution in [3.8, 4) is 0 Å². The lowest BCUT2D eigenvalue weighted by molar-refractivity contribution is -0.138. The minimum atomic E-state index is -0.537. The Morgan fingerprint density at radius 3 is 2.31 bits per heavy atom. The lowest BCUT2D eigenvalue weighted by atomic mass is 10.1. The molecule has 1 amide bonds. The molecule has 7 nitrogen and oxygen atoms in total. The van der Waals surface area contributed by atoms with Gasteiger partial charge >= 0.3 is 5.97 Å². The Bertz CT molecular complexity index is 800. The summed E-state index contributed by atoms with van der Waals surface area (Å²) in [6.45, 7) is 13.3. The summed E-state index contributed by atoms with van der Waals surface area (Å²) in [6, 6.07) is 1.88. The first-order chi connectivity index (χ1) is 12.1. The zero-order chi connectivity index (χ0) is 19.6. The van der Waals surface area contributed by atoms with Gasteiger partial charge in [-0.3, -0.25) is 4.79 Å². The van der Waals surface area contributed by atoms with Crippen LogP contribution < -0.4 is 0 Å². The van der Waals surface area contributed by atoms with Crippen LogP contribution in [0.1, 0.15) is 63.6 Å². The van der Waals surface area contributed by atoms with Crippen LogP contribution in [0.25, 0.3) is 11.0 Å². The van der Waals surface area contributed by atoms with Crippen molar-refractivity contribution in [1.82, 2.24) is 19.7 Å². The lowest BCUT2D eigenvalue weighted by Crippen LogP contribution is -2.44. The Balaban J connectivity index is 2.24. The smallest absolute Gasteiger partial charge is 0.339 e. The first kappa shape index (κ1) is 19.9. The van der Waals surface area contributed by atoms with E-state index in [9.17, 15) is 9.59 Å². The van der Waals surface area contributed by atoms with Gasteiger partial charge in [-0.25, -0.2) is 14.5 Å². The highest BCUT2D eigenvalue weighted by Gasteiger charge is 2.23. The largest absolute Gasteiger partial charge is 0.452 e. The quantitative estimate of drug-likeness (QED) is 0.740. The summed E-state index contributed by atoms with van der Waals surface area (Å²) < 4.78 is 7.08. The Morgan fingerprint density at radius 1 is 1.15 bits per heavy atom. The highest BCUT2D eigenvalue weighted by molar-refractivity contribution is 6.03. The molecule has 26 heavy (non-hydrogen) atoms. The fourth-order valence-corrected chi connectivity index (χ4v) is 3.14. The van der Waals surface area contributed by atoms with E-state index in [4.69, 9.17) is 4.74 Å². The van der Waals surface area contributed by atoms with Gasteiger partial charge in [-0.1, -0.05) is 0 Å². The molecule has 2 rings (SSSR count). The Morgan fingerprint density at radius 2 is 1.77 bits per heavy atom. The van der Waals surface area contributed by atoms with Gasteiger partial charge in [-0.2, -0.15) is 5.10 Å². The standard InChI is InChI=1S/C19H28N4O3/c1-11(2)22(12(3)4)17(24)10-26-19(25)15-8-14(7)21-18-16(15)9-20-23(18)13(5)6/h8-9,11-13H,10H2,1-7H3. The van der Waals surface area contributed by atoms with E-state index >= 15 is 0 Å². The number of carbonyl (C=O) groups excluding carboxylic acids is 2. The molecular formula is C19H28N4O3. The zero-order valence-electron chi connectivity index (χ0n) is 16.6. The molecule has 0 bridgehead atoms. The van der Waals surface area contributed by atoms with Crippen molar-refractivity contribution < 1.29 is 14.3 Å². The Labute approximate surface area is 154 Å². The van der Waals surface area contributed by atoms with E-state index in [1.807, 2.05) is 48.5 Å². The van der Waals surface area contributed by atoms with Gasteiger partial charge in [0, 0.05) is 23.8 Å². The molecular weight excluding hydrogens is 332 g/mol. The second-order valence-corrected chi connectivity index (χ2v) is 7.30. The van der Waals surface area contributed by atoms with Gasteiger partial charge in [0.2, 0.25) is 0 Å². The third kappa shape index (κ3) is 4.03. The van der Waals surface area contributed by atoms with Gasteiger partial charge in [0.1, 0.15) is 0 Å². The number of nitrogens with zero attached hydrogens (tertiary/aromatic N) is 4. The van der Waals surface area contributed by atoms with E-state index in [0.29, 0.717) is 22.3 Å². The molecule has 7 heteroatoms. The first-order valence-corrected chi connectivity index (χ1v) is 8.96. The lowest BCUT2D eigenvalue weighted by Gasteiger charge is -2.30. The molecule has 0 saturated heterocycles. The van der Waals surface area contributed by atoms with Gasteiger partial charge in [0.15, 0.2) is 12.3 Å². The molecule has 0 aromatic carbocycles. The van der Waals surface area contributed by atoms with Crippen molar-refractivity contribution in [2.24, 2.45) is 0 Å². The van der Waals surface area contributed by atoms with Crippen molar-refractivity contribution in [2.75, 3.05) is 6.61 Å². The van der Waals surface area contributed by atoms with E-state index in [1.165, 1.54) is 0 Å². The summed E-state index contributed by atoms with van der Waals surface area (Å²) >= 11 is 0. The number of rotatable bonds is 6. The molecule has 0 N–H and O–H groups in total. The van der Waals surface area contributed by atoms with Crippen LogP contribution in [-0.2, 0) is 9.53 Å². The number of hydrogen-bond donors (Lipinski definition) is 0. The summed E-state index contributed by atoms with van der Waals surface area (Å²) in [7, 11) is 0. The van der Waals surface area contributed by atoms with Gasteiger partial charge in [0.25, 0.3) is 5.91 Å². The third-order valence-electron chi connectivity index (χ3n) is 4.13. The summed E-state index contributed by atoms with van der Waals surface area (Å²) in [5, 5.41) is 4.95. The number of ether oxygens (including phenoxy) is 1. The van der Waals surface area contributed by atoms with E-state index in [1.54, 1.807) is 21.8 Å². The molecule has 0 spiro atoms. The number of amides is 1. The zero-order valence-corrected chi connectivity index (χ0v) is 16.6. The van der Waals surface area contributed by atoms with E-state index in [2.05, 4.69) is 10.1 Å². The number of aryl methyl sites for hydroxylation is 1. The van der Waals surface area contributed by atoms with Gasteiger partial charge in [-0.05, 0) is 54.5 Å². The molecule has 0 atom stereocenters. The second kappa shape index (κ2) is 7.85. The van der Waals surface area contributed by atoms with Crippen molar-refractivity contribution in [3.05, 3.63) is 23.5 Å². The maximum Gasteiger partial charge on any atom is 0.339 e. The van der Waals surface area contributed by atoms with Crippen LogP contribution >= 0.6 is 0 Å². The highest BCUT2D eigenvalue weighted by Crippen LogP contribution is 2.21. The second-order valence-electron chi connectivity index (χ2n) is 7.30. The fraction of sp³-hybridized carbons (Fsp3) is 0.579. The number of fused-ring (bicyclic) bond motifs is 1. The summed E-state index contributed by atoms with van der Waals surface area (Å²) in [5.41, 5.74) is 1.72. The Hall–Kier alpha value is -2.44. The highest BCUT2D eigenvalue weighted by atomic mass is 16.5. The van der Waals surface area contributed by atoms with E-state index < -0.39 is 5.97 Å². The average Bonchev–Trinajstić information content (AvgIpc) is 2.94. The van der Waals surface area contributed by atoms with E-state index in [-0.39, 0.29) is 30.6 Å². The van der Waals surface area contributed by atoms with Crippen molar-refractivity contribution in [2.45, 2.75) is 66.6 Å². The van der Waals surface area contributed by atoms with Gasteiger partial charge in [0.05, 0.1) is 17.1 Å². The monoisotopic (exact) mass is 360 g/mol. The van der Waals surface area contributed by atoms with Crippen molar-refractivity contribution in [3.63, 3.8) is 0 Å². The van der Waals surface area contributed by atoms with Gasteiger partial charge in [-0.15, -0.1) is 0 Å². The molecule has 2 aromatic rings. The summed E-state index contributed by atoms with van der Waals surface area (Å²) in [5.74, 6) is -0.743. The molecule has 0 saturated carbocycles. The van der Waals surface area contributed by atoms with Crippen molar-refractivity contribution in [1.29, 1.82) is 0 Å². The van der Waals surface area contributed by atoms with E-state index in [0.717, 1.165) is 0 Å². The molecule has 0 aliphatic heterocycles. The van der Waals surface area contributed by atoms with Gasteiger partial charge < -0.3 is 9.64 Å². The number of carbonyl (C=O) groups is 2. The summed E-state index contributed by atoms with van der Waals surface area (Å²) in [6.07, 6.45) is 1.62. The van der Waals surface area contributed by atoms with Crippen LogP contribution in [0.15, 0.2) is 12.3 Å². The number of hydrogen-bond acceptors (Lipinski definition) is 5. The van der Waals surface area contributed by atoms with Crippen LogP contribution in [0, 0.1) is 6.92 Å². The van der Waals surface area contributed by atoms with Crippen LogP contribution in [0.2, 0.25) is 0 Å². The molecule has 142 valence electrons. The molecule has 0 radical (unpaired) electrons. The van der Waals surface area contributed by atoms with Crippen LogP contribution in [0.5, 0.6) is 0 Å². The topological polar surface area (TPSA) is 77.3 Å². The minimum Gasteiger partial charge on any atom is -0.452 e. The minimum absolute atomic E-state index is 0.0420. The molecule has 0 aliphatic rings. The Kier molecular flexibility index (Phi) is 6.00. The SMILES string of the molecule is Cc1cc(C(=O)OCC(=O)N(C(C)C)C(C)C)c2cnn(C(C)C)c2n1. The average molecular weight is 360 g/mol. The third-order valence-corrected chi connectivity index (χ3v) is 4.13. The maximum atomic E-state index is 12.6. The van der Waals surface area contributed by atoms with Crippen LogP contribution in [0.3, 0.4) is 0 Å². The molecule has 0 aliphatic carbocycles. The van der Waals surface area contributed by atoms with Crippen molar-refractivity contribution >= 4 is 22.9 Å². The maximum absolute atomic E-state index is 12.6. The van der Waals surface area contributed by atoms with Crippen LogP contribution in [0.4, 0.5) is 0 Å². The normalized spacial score (nSPS) is 11.6. The predicted octanol–water partition coefficient (Wildman–Crippen LogP) is 3.12. The molecule has 2 heterocycles.